The first kappa shape index (κ1) is 14.9. The predicted octanol–water partition coefficient (Wildman–Crippen LogP) is 3.52. The molecule has 0 atom stereocenters. The number of carbonyl (C=O) groups is 1. The van der Waals surface area contributed by atoms with Gasteiger partial charge in [-0.25, -0.2) is 0 Å². The summed E-state index contributed by atoms with van der Waals surface area (Å²) in [5.41, 5.74) is 1.71. The summed E-state index contributed by atoms with van der Waals surface area (Å²) in [7, 11) is 1.59. The van der Waals surface area contributed by atoms with Crippen LogP contribution in [-0.2, 0) is 6.54 Å². The number of carbonyl (C=O) groups excluding carboxylic acids is 1. The van der Waals surface area contributed by atoms with Gasteiger partial charge in [-0.3, -0.25) is 4.79 Å². The van der Waals surface area contributed by atoms with Crippen LogP contribution in [0.15, 0.2) is 67.3 Å². The standard InChI is InChI=1S/C18H19NO2/c1-3-12-19(14-15-8-5-4-6-9-15)18(20)16-10-7-11-17(13-16)21-2/h3-11,13H,1,12,14H2,2H3. The third kappa shape index (κ3) is 3.96. The first-order valence-corrected chi connectivity index (χ1v) is 6.82. The third-order valence-electron chi connectivity index (χ3n) is 3.17. The molecule has 0 aliphatic rings. The Bertz CT molecular complexity index is 608. The molecule has 0 radical (unpaired) electrons. The third-order valence-corrected chi connectivity index (χ3v) is 3.17. The van der Waals surface area contributed by atoms with Gasteiger partial charge in [-0.15, -0.1) is 6.58 Å². The van der Waals surface area contributed by atoms with Gasteiger partial charge in [-0.05, 0) is 23.8 Å². The van der Waals surface area contributed by atoms with Crippen LogP contribution in [0.2, 0.25) is 0 Å². The molecule has 0 heterocycles. The van der Waals surface area contributed by atoms with E-state index in [0.717, 1.165) is 5.56 Å². The van der Waals surface area contributed by atoms with E-state index in [1.165, 1.54) is 0 Å². The van der Waals surface area contributed by atoms with Crippen LogP contribution in [0.5, 0.6) is 5.75 Å². The number of nitrogens with zero attached hydrogens (tertiary/aromatic N) is 1. The fourth-order valence-electron chi connectivity index (χ4n) is 2.12. The van der Waals surface area contributed by atoms with Crippen molar-refractivity contribution in [2.75, 3.05) is 13.7 Å². The molecule has 2 aromatic rings. The summed E-state index contributed by atoms with van der Waals surface area (Å²) < 4.78 is 5.17. The quantitative estimate of drug-likeness (QED) is 0.758. The lowest BCUT2D eigenvalue weighted by molar-refractivity contribution is 0.0762. The molecular weight excluding hydrogens is 262 g/mol. The second-order valence-corrected chi connectivity index (χ2v) is 4.69. The van der Waals surface area contributed by atoms with Crippen molar-refractivity contribution in [1.29, 1.82) is 0 Å². The van der Waals surface area contributed by atoms with Crippen molar-refractivity contribution in [3.05, 3.63) is 78.4 Å². The summed E-state index contributed by atoms with van der Waals surface area (Å²) >= 11 is 0. The maximum Gasteiger partial charge on any atom is 0.254 e. The molecule has 0 N–H and O–H groups in total. The van der Waals surface area contributed by atoms with E-state index in [0.29, 0.717) is 24.4 Å². The zero-order chi connectivity index (χ0) is 15.1. The maximum atomic E-state index is 12.6. The molecule has 21 heavy (non-hydrogen) atoms. The van der Waals surface area contributed by atoms with E-state index >= 15 is 0 Å². The molecule has 0 bridgehead atoms. The summed E-state index contributed by atoms with van der Waals surface area (Å²) in [6.45, 7) is 4.80. The Morgan fingerprint density at radius 2 is 1.95 bits per heavy atom. The van der Waals surface area contributed by atoms with E-state index in [1.54, 1.807) is 30.2 Å². The average Bonchev–Trinajstić information content (AvgIpc) is 2.55. The molecule has 0 saturated carbocycles. The lowest BCUT2D eigenvalue weighted by Crippen LogP contribution is -2.30. The van der Waals surface area contributed by atoms with Crippen LogP contribution in [0.25, 0.3) is 0 Å². The van der Waals surface area contributed by atoms with Gasteiger partial charge in [-0.1, -0.05) is 42.5 Å². The molecule has 0 saturated heterocycles. The van der Waals surface area contributed by atoms with Crippen molar-refractivity contribution >= 4 is 5.91 Å². The van der Waals surface area contributed by atoms with Crippen LogP contribution in [0, 0.1) is 0 Å². The molecule has 3 nitrogen and oxygen atoms in total. The van der Waals surface area contributed by atoms with Crippen LogP contribution < -0.4 is 4.74 Å². The van der Waals surface area contributed by atoms with Crippen molar-refractivity contribution < 1.29 is 9.53 Å². The molecule has 2 aromatic carbocycles. The molecule has 0 spiro atoms. The number of hydrogen-bond donors (Lipinski definition) is 0. The minimum atomic E-state index is -0.0300. The number of hydrogen-bond acceptors (Lipinski definition) is 2. The molecule has 0 aromatic heterocycles. The van der Waals surface area contributed by atoms with Crippen LogP contribution >= 0.6 is 0 Å². The molecule has 0 unspecified atom stereocenters. The van der Waals surface area contributed by atoms with Gasteiger partial charge in [0.15, 0.2) is 0 Å². The van der Waals surface area contributed by atoms with Crippen molar-refractivity contribution in [1.82, 2.24) is 4.90 Å². The Hall–Kier alpha value is -2.55. The van der Waals surface area contributed by atoms with Crippen LogP contribution in [0.3, 0.4) is 0 Å². The van der Waals surface area contributed by atoms with E-state index in [1.807, 2.05) is 42.5 Å². The number of amides is 1. The minimum Gasteiger partial charge on any atom is -0.497 e. The van der Waals surface area contributed by atoms with E-state index in [4.69, 9.17) is 4.74 Å². The van der Waals surface area contributed by atoms with Crippen LogP contribution in [0.4, 0.5) is 0 Å². The zero-order valence-electron chi connectivity index (χ0n) is 12.2. The Morgan fingerprint density at radius 1 is 1.19 bits per heavy atom. The average molecular weight is 281 g/mol. The van der Waals surface area contributed by atoms with Gasteiger partial charge < -0.3 is 9.64 Å². The summed E-state index contributed by atoms with van der Waals surface area (Å²) in [4.78, 5) is 14.4. The fourth-order valence-corrected chi connectivity index (χ4v) is 2.12. The first-order valence-electron chi connectivity index (χ1n) is 6.82. The van der Waals surface area contributed by atoms with Gasteiger partial charge in [0.05, 0.1) is 7.11 Å². The molecule has 1 amide bonds. The van der Waals surface area contributed by atoms with Crippen molar-refractivity contribution in [2.24, 2.45) is 0 Å². The number of benzene rings is 2. The second-order valence-electron chi connectivity index (χ2n) is 4.69. The molecule has 2 rings (SSSR count). The van der Waals surface area contributed by atoms with Crippen molar-refractivity contribution in [3.63, 3.8) is 0 Å². The Balaban J connectivity index is 2.20. The molecule has 3 heteroatoms. The molecule has 0 aliphatic heterocycles. The topological polar surface area (TPSA) is 29.5 Å². The highest BCUT2D eigenvalue weighted by Gasteiger charge is 2.15. The fraction of sp³-hybridized carbons (Fsp3) is 0.167. The number of rotatable bonds is 6. The molecular formula is C18H19NO2. The molecule has 108 valence electrons. The van der Waals surface area contributed by atoms with Gasteiger partial charge in [0.2, 0.25) is 0 Å². The van der Waals surface area contributed by atoms with E-state index in [-0.39, 0.29) is 5.91 Å². The Kier molecular flexibility index (Phi) is 5.16. The van der Waals surface area contributed by atoms with Gasteiger partial charge in [0.1, 0.15) is 5.75 Å². The predicted molar refractivity (Wildman–Crippen MR) is 84.4 cm³/mol. The van der Waals surface area contributed by atoms with Gasteiger partial charge in [0, 0.05) is 18.7 Å². The van der Waals surface area contributed by atoms with Crippen molar-refractivity contribution in [2.45, 2.75) is 6.54 Å². The van der Waals surface area contributed by atoms with Crippen LogP contribution in [0.1, 0.15) is 15.9 Å². The summed E-state index contributed by atoms with van der Waals surface area (Å²) in [5.74, 6) is 0.650. The SMILES string of the molecule is C=CCN(Cc1ccccc1)C(=O)c1cccc(OC)c1. The lowest BCUT2D eigenvalue weighted by Gasteiger charge is -2.21. The molecule has 0 fully saturated rings. The first-order chi connectivity index (χ1) is 10.2. The second kappa shape index (κ2) is 7.29. The van der Waals surface area contributed by atoms with E-state index in [9.17, 15) is 4.79 Å². The smallest absolute Gasteiger partial charge is 0.254 e. The monoisotopic (exact) mass is 281 g/mol. The van der Waals surface area contributed by atoms with Crippen LogP contribution in [-0.4, -0.2) is 24.5 Å². The highest BCUT2D eigenvalue weighted by Crippen LogP contribution is 2.16. The summed E-state index contributed by atoms with van der Waals surface area (Å²) in [6, 6.07) is 17.1. The summed E-state index contributed by atoms with van der Waals surface area (Å²) in [5, 5.41) is 0. The Labute approximate surface area is 125 Å². The normalized spacial score (nSPS) is 9.95. The highest BCUT2D eigenvalue weighted by atomic mass is 16.5. The van der Waals surface area contributed by atoms with Gasteiger partial charge in [-0.2, -0.15) is 0 Å². The van der Waals surface area contributed by atoms with Gasteiger partial charge >= 0.3 is 0 Å². The van der Waals surface area contributed by atoms with Gasteiger partial charge in [0.25, 0.3) is 5.91 Å². The Morgan fingerprint density at radius 3 is 2.62 bits per heavy atom. The number of ether oxygens (including phenoxy) is 1. The van der Waals surface area contributed by atoms with E-state index in [2.05, 4.69) is 6.58 Å². The van der Waals surface area contributed by atoms with Crippen molar-refractivity contribution in [3.8, 4) is 5.75 Å². The largest absolute Gasteiger partial charge is 0.497 e. The van der Waals surface area contributed by atoms with E-state index < -0.39 is 0 Å². The highest BCUT2D eigenvalue weighted by molar-refractivity contribution is 5.94. The number of methoxy groups -OCH3 is 1. The lowest BCUT2D eigenvalue weighted by atomic mass is 10.1. The maximum absolute atomic E-state index is 12.6. The summed E-state index contributed by atoms with van der Waals surface area (Å²) in [6.07, 6.45) is 1.74. The minimum absolute atomic E-state index is 0.0300. The molecule has 0 aliphatic carbocycles. The zero-order valence-corrected chi connectivity index (χ0v) is 12.2.